The second-order valence-electron chi connectivity index (χ2n) is 7.24. The van der Waals surface area contributed by atoms with E-state index in [2.05, 4.69) is 10.6 Å². The zero-order valence-corrected chi connectivity index (χ0v) is 17.5. The van der Waals surface area contributed by atoms with Crippen molar-refractivity contribution in [3.05, 3.63) is 76.7 Å². The van der Waals surface area contributed by atoms with Gasteiger partial charge in [-0.2, -0.15) is 0 Å². The normalized spacial score (nSPS) is 13.1. The number of nitrogens with one attached hydrogen (secondary N) is 2. The van der Waals surface area contributed by atoms with Gasteiger partial charge in [0.2, 0.25) is 0 Å². The number of carbonyl (C=O) groups is 2. The molecule has 0 atom stereocenters. The zero-order chi connectivity index (χ0) is 20.8. The Morgan fingerprint density at radius 1 is 0.867 bits per heavy atom. The van der Waals surface area contributed by atoms with E-state index >= 15 is 0 Å². The van der Waals surface area contributed by atoms with E-state index in [4.69, 9.17) is 4.74 Å². The number of thiophene rings is 1. The molecule has 0 fully saturated rings. The number of fused-ring (bicyclic) bond motifs is 1. The van der Waals surface area contributed by atoms with Crippen molar-refractivity contribution in [2.24, 2.45) is 0 Å². The first kappa shape index (κ1) is 20.2. The maximum atomic E-state index is 13.2. The van der Waals surface area contributed by atoms with Crippen molar-refractivity contribution in [3.8, 4) is 5.75 Å². The molecule has 0 bridgehead atoms. The maximum absolute atomic E-state index is 13.2. The van der Waals surface area contributed by atoms with Crippen LogP contribution in [0.15, 0.2) is 60.7 Å². The summed E-state index contributed by atoms with van der Waals surface area (Å²) < 4.78 is 5.55. The molecule has 1 aromatic heterocycles. The van der Waals surface area contributed by atoms with E-state index in [1.54, 1.807) is 12.1 Å². The maximum Gasteiger partial charge on any atom is 0.262 e. The highest BCUT2D eigenvalue weighted by atomic mass is 32.1. The molecule has 2 amide bonds. The first-order chi connectivity index (χ1) is 14.7. The number of rotatable bonds is 6. The van der Waals surface area contributed by atoms with Crippen LogP contribution in [-0.2, 0) is 17.6 Å². The van der Waals surface area contributed by atoms with Gasteiger partial charge in [0.25, 0.3) is 11.8 Å². The molecule has 0 radical (unpaired) electrons. The average Bonchev–Trinajstić information content (AvgIpc) is 2.94. The lowest BCUT2D eigenvalue weighted by atomic mass is 10.0. The Bertz CT molecular complexity index is 1020. The Morgan fingerprint density at radius 2 is 1.57 bits per heavy atom. The predicted molar refractivity (Wildman–Crippen MR) is 121 cm³/mol. The van der Waals surface area contributed by atoms with E-state index in [1.165, 1.54) is 16.2 Å². The minimum Gasteiger partial charge on any atom is -0.484 e. The lowest BCUT2D eigenvalue weighted by Gasteiger charge is -2.11. The molecular weight excluding hydrogens is 396 g/mol. The third-order valence-electron chi connectivity index (χ3n) is 5.05. The van der Waals surface area contributed by atoms with Gasteiger partial charge in [0.15, 0.2) is 6.61 Å². The molecule has 30 heavy (non-hydrogen) atoms. The fraction of sp³-hybridized carbons (Fsp3) is 0.250. The van der Waals surface area contributed by atoms with Crippen molar-refractivity contribution in [1.82, 2.24) is 0 Å². The van der Waals surface area contributed by atoms with Crippen molar-refractivity contribution < 1.29 is 14.3 Å². The highest BCUT2D eigenvalue weighted by Gasteiger charge is 2.26. The van der Waals surface area contributed by atoms with E-state index in [1.807, 2.05) is 48.5 Å². The van der Waals surface area contributed by atoms with Crippen molar-refractivity contribution >= 4 is 33.8 Å². The molecule has 0 aliphatic heterocycles. The lowest BCUT2D eigenvalue weighted by molar-refractivity contribution is -0.118. The van der Waals surface area contributed by atoms with Gasteiger partial charge in [-0.05, 0) is 55.5 Å². The Balaban J connectivity index is 1.54. The number of carbonyl (C=O) groups excluding carboxylic acids is 2. The third-order valence-corrected chi connectivity index (χ3v) is 6.25. The number of ether oxygens (including phenoxy) is 1. The van der Waals surface area contributed by atoms with Crippen LogP contribution in [0.2, 0.25) is 0 Å². The van der Waals surface area contributed by atoms with E-state index in [9.17, 15) is 9.59 Å². The molecule has 0 saturated heterocycles. The Kier molecular flexibility index (Phi) is 6.44. The monoisotopic (exact) mass is 420 g/mol. The Morgan fingerprint density at radius 3 is 2.33 bits per heavy atom. The molecule has 2 N–H and O–H groups in total. The third kappa shape index (κ3) is 4.89. The zero-order valence-electron chi connectivity index (χ0n) is 16.6. The van der Waals surface area contributed by atoms with Crippen LogP contribution < -0.4 is 15.4 Å². The molecule has 1 aliphatic rings. The predicted octanol–water partition coefficient (Wildman–Crippen LogP) is 5.29. The van der Waals surface area contributed by atoms with Crippen LogP contribution in [0.3, 0.4) is 0 Å². The summed E-state index contributed by atoms with van der Waals surface area (Å²) in [5, 5.41) is 6.50. The van der Waals surface area contributed by atoms with Gasteiger partial charge >= 0.3 is 0 Å². The average molecular weight is 421 g/mol. The van der Waals surface area contributed by atoms with Crippen molar-refractivity contribution in [2.75, 3.05) is 17.2 Å². The summed E-state index contributed by atoms with van der Waals surface area (Å²) in [6.45, 7) is -0.105. The smallest absolute Gasteiger partial charge is 0.262 e. The molecule has 0 unspecified atom stereocenters. The molecule has 1 aliphatic carbocycles. The van der Waals surface area contributed by atoms with E-state index in [0.717, 1.165) is 43.4 Å². The van der Waals surface area contributed by atoms with Gasteiger partial charge in [0, 0.05) is 10.6 Å². The Hall–Kier alpha value is -3.12. The number of anilines is 2. The summed E-state index contributed by atoms with van der Waals surface area (Å²) in [4.78, 5) is 26.9. The van der Waals surface area contributed by atoms with Crippen LogP contribution in [0.5, 0.6) is 5.75 Å². The van der Waals surface area contributed by atoms with Gasteiger partial charge in [-0.15, -0.1) is 11.3 Å². The van der Waals surface area contributed by atoms with Gasteiger partial charge in [-0.3, -0.25) is 9.59 Å². The number of hydrogen-bond acceptors (Lipinski definition) is 4. The standard InChI is InChI=1S/C24H24N2O3S/c27-21(16-29-18-12-6-2-7-13-18)26-24-22(19-14-8-3-9-15-20(19)30-24)23(28)25-17-10-4-1-5-11-17/h1-2,4-7,10-13H,3,8-9,14-16H2,(H,25,28)(H,26,27). The molecule has 3 aromatic rings. The minimum absolute atomic E-state index is 0.105. The number of aryl methyl sites for hydroxylation is 1. The quantitative estimate of drug-likeness (QED) is 0.533. The summed E-state index contributed by atoms with van der Waals surface area (Å²) in [5.74, 6) is 0.181. The highest BCUT2D eigenvalue weighted by molar-refractivity contribution is 7.17. The molecule has 6 heteroatoms. The van der Waals surface area contributed by atoms with Gasteiger partial charge in [0.05, 0.1) is 5.56 Å². The summed E-state index contributed by atoms with van der Waals surface area (Å²) in [7, 11) is 0. The van der Waals surface area contributed by atoms with Crippen LogP contribution >= 0.6 is 11.3 Å². The van der Waals surface area contributed by atoms with Crippen molar-refractivity contribution in [3.63, 3.8) is 0 Å². The van der Waals surface area contributed by atoms with Gasteiger partial charge in [-0.1, -0.05) is 42.8 Å². The largest absolute Gasteiger partial charge is 0.484 e. The number of hydrogen-bond donors (Lipinski definition) is 2. The fourth-order valence-electron chi connectivity index (χ4n) is 3.61. The van der Waals surface area contributed by atoms with Gasteiger partial charge < -0.3 is 15.4 Å². The van der Waals surface area contributed by atoms with Crippen LogP contribution in [0.4, 0.5) is 10.7 Å². The molecule has 4 rings (SSSR count). The van der Waals surface area contributed by atoms with E-state index < -0.39 is 0 Å². The number of para-hydroxylation sites is 2. The van der Waals surface area contributed by atoms with E-state index in [0.29, 0.717) is 16.3 Å². The molecule has 154 valence electrons. The minimum atomic E-state index is -0.274. The SMILES string of the molecule is O=C(COc1ccccc1)Nc1sc2c(c1C(=O)Nc1ccccc1)CCCCC2. The molecule has 0 saturated carbocycles. The molecular formula is C24H24N2O3S. The highest BCUT2D eigenvalue weighted by Crippen LogP contribution is 2.38. The first-order valence-electron chi connectivity index (χ1n) is 10.2. The van der Waals surface area contributed by atoms with E-state index in [-0.39, 0.29) is 18.4 Å². The van der Waals surface area contributed by atoms with Crippen molar-refractivity contribution in [2.45, 2.75) is 32.1 Å². The summed E-state index contributed by atoms with van der Waals surface area (Å²) in [6, 6.07) is 18.6. The molecule has 2 aromatic carbocycles. The van der Waals surface area contributed by atoms with Crippen LogP contribution in [0.1, 0.15) is 40.1 Å². The summed E-state index contributed by atoms with van der Waals surface area (Å²) in [5.41, 5.74) is 2.40. The fourth-order valence-corrected chi connectivity index (χ4v) is 4.92. The summed E-state index contributed by atoms with van der Waals surface area (Å²) in [6.07, 6.45) is 5.13. The second-order valence-corrected chi connectivity index (χ2v) is 8.34. The first-order valence-corrected chi connectivity index (χ1v) is 11.0. The number of amides is 2. The molecule has 0 spiro atoms. The van der Waals surface area contributed by atoms with Gasteiger partial charge in [0.1, 0.15) is 10.8 Å². The van der Waals surface area contributed by atoms with Gasteiger partial charge in [-0.25, -0.2) is 0 Å². The Labute approximate surface area is 180 Å². The molecule has 5 nitrogen and oxygen atoms in total. The van der Waals surface area contributed by atoms with Crippen LogP contribution in [0, 0.1) is 0 Å². The lowest BCUT2D eigenvalue weighted by Crippen LogP contribution is -2.22. The topological polar surface area (TPSA) is 67.4 Å². The second kappa shape index (κ2) is 9.59. The van der Waals surface area contributed by atoms with Crippen LogP contribution in [-0.4, -0.2) is 18.4 Å². The van der Waals surface area contributed by atoms with Crippen molar-refractivity contribution in [1.29, 1.82) is 0 Å². The van der Waals surface area contributed by atoms with Crippen LogP contribution in [0.25, 0.3) is 0 Å². The molecule has 1 heterocycles. The number of benzene rings is 2. The summed E-state index contributed by atoms with van der Waals surface area (Å²) >= 11 is 1.52.